The molecule has 0 saturated heterocycles. The van der Waals surface area contributed by atoms with Crippen LogP contribution in [-0.4, -0.2) is 45.7 Å². The molecule has 0 saturated carbocycles. The van der Waals surface area contributed by atoms with Gasteiger partial charge in [0.1, 0.15) is 17.5 Å². The van der Waals surface area contributed by atoms with Crippen LogP contribution in [0.25, 0.3) is 0 Å². The Kier molecular flexibility index (Phi) is 5.98. The Hall–Kier alpha value is -4.01. The molecule has 4 rings (SSSR count). The number of esters is 1. The van der Waals surface area contributed by atoms with Gasteiger partial charge in [-0.05, 0) is 59.2 Å². The van der Waals surface area contributed by atoms with Crippen LogP contribution in [0.15, 0.2) is 59.8 Å². The smallest absolute Gasteiger partial charge is 0.355 e. The topological polar surface area (TPSA) is 108 Å². The molecule has 1 aliphatic rings. The molecule has 0 bridgehead atoms. The molecular formula is C23H23N5O4. The number of hydrogen-bond donors (Lipinski definition) is 1. The number of anilines is 1. The van der Waals surface area contributed by atoms with Crippen LogP contribution in [0.5, 0.6) is 5.75 Å². The van der Waals surface area contributed by atoms with Crippen LogP contribution < -0.4 is 10.1 Å². The first kappa shape index (κ1) is 21.2. The summed E-state index contributed by atoms with van der Waals surface area (Å²) in [5.74, 6) is -0.115. The first-order valence-electron chi connectivity index (χ1n) is 10.3. The zero-order chi connectivity index (χ0) is 22.7. The van der Waals surface area contributed by atoms with Gasteiger partial charge in [-0.2, -0.15) is 4.68 Å². The quantitative estimate of drug-likeness (QED) is 0.448. The number of tetrazole rings is 1. The number of carbonyl (C=O) groups is 2. The fraction of sp³-hybridized carbons (Fsp3) is 0.261. The van der Waals surface area contributed by atoms with Crippen LogP contribution in [0, 0.1) is 0 Å². The maximum atomic E-state index is 13.7. The van der Waals surface area contributed by atoms with Gasteiger partial charge in [0.15, 0.2) is 5.78 Å². The number of ether oxygens (including phenoxy) is 2. The highest BCUT2D eigenvalue weighted by Crippen LogP contribution is 2.36. The van der Waals surface area contributed by atoms with Crippen molar-refractivity contribution in [3.05, 3.63) is 76.5 Å². The highest BCUT2D eigenvalue weighted by atomic mass is 16.5. The predicted molar refractivity (Wildman–Crippen MR) is 116 cm³/mol. The Balaban J connectivity index is 1.86. The van der Waals surface area contributed by atoms with E-state index in [-0.39, 0.29) is 23.0 Å². The number of aryl methyl sites for hydroxylation is 1. The summed E-state index contributed by atoms with van der Waals surface area (Å²) in [6, 6.07) is 13.9. The molecule has 0 amide bonds. The summed E-state index contributed by atoms with van der Waals surface area (Å²) in [6.07, 6.45) is 0.879. The van der Waals surface area contributed by atoms with Crippen molar-refractivity contribution >= 4 is 17.7 Å². The SMILES string of the molecule is CCOc1ccc(C(=O)C2=C(C(=O)OC)Nc3nnnn3[C@H]2c2ccc(CC)cc2)cc1. The normalized spacial score (nSPS) is 15.0. The van der Waals surface area contributed by atoms with Crippen molar-refractivity contribution in [2.75, 3.05) is 19.0 Å². The average molecular weight is 433 g/mol. The van der Waals surface area contributed by atoms with Gasteiger partial charge in [0.05, 0.1) is 19.3 Å². The molecule has 0 aliphatic carbocycles. The van der Waals surface area contributed by atoms with Gasteiger partial charge in [0.25, 0.3) is 0 Å². The van der Waals surface area contributed by atoms with Crippen molar-refractivity contribution in [1.82, 2.24) is 20.2 Å². The van der Waals surface area contributed by atoms with E-state index in [1.54, 1.807) is 24.3 Å². The molecule has 0 fully saturated rings. The van der Waals surface area contributed by atoms with Crippen molar-refractivity contribution in [3.8, 4) is 5.75 Å². The number of carbonyl (C=O) groups excluding carboxylic acids is 2. The largest absolute Gasteiger partial charge is 0.494 e. The van der Waals surface area contributed by atoms with Crippen LogP contribution in [0.1, 0.15) is 41.4 Å². The lowest BCUT2D eigenvalue weighted by molar-refractivity contribution is -0.136. The maximum Gasteiger partial charge on any atom is 0.355 e. The number of hydrogen-bond acceptors (Lipinski definition) is 8. The molecule has 1 N–H and O–H groups in total. The van der Waals surface area contributed by atoms with E-state index in [0.717, 1.165) is 17.5 Å². The molecule has 32 heavy (non-hydrogen) atoms. The first-order valence-corrected chi connectivity index (χ1v) is 10.3. The van der Waals surface area contributed by atoms with E-state index in [1.165, 1.54) is 11.8 Å². The first-order chi connectivity index (χ1) is 15.6. The second kappa shape index (κ2) is 9.01. The summed E-state index contributed by atoms with van der Waals surface area (Å²) < 4.78 is 11.9. The Morgan fingerprint density at radius 2 is 1.78 bits per heavy atom. The van der Waals surface area contributed by atoms with Crippen molar-refractivity contribution in [2.24, 2.45) is 0 Å². The van der Waals surface area contributed by atoms with Crippen molar-refractivity contribution in [1.29, 1.82) is 0 Å². The third-order valence-electron chi connectivity index (χ3n) is 5.28. The van der Waals surface area contributed by atoms with E-state index < -0.39 is 12.0 Å². The minimum atomic E-state index is -0.708. The van der Waals surface area contributed by atoms with Crippen LogP contribution in [0.3, 0.4) is 0 Å². The highest BCUT2D eigenvalue weighted by Gasteiger charge is 2.38. The number of aromatic nitrogens is 4. The number of fused-ring (bicyclic) bond motifs is 1. The number of nitrogens with one attached hydrogen (secondary N) is 1. The third-order valence-corrected chi connectivity index (χ3v) is 5.28. The van der Waals surface area contributed by atoms with E-state index in [1.807, 2.05) is 31.2 Å². The van der Waals surface area contributed by atoms with Crippen LogP contribution >= 0.6 is 0 Å². The molecule has 9 nitrogen and oxygen atoms in total. The molecular weight excluding hydrogens is 410 g/mol. The van der Waals surface area contributed by atoms with Gasteiger partial charge in [0, 0.05) is 5.56 Å². The number of nitrogens with zero attached hydrogens (tertiary/aromatic N) is 4. The number of rotatable bonds is 7. The second-order valence-corrected chi connectivity index (χ2v) is 7.14. The molecule has 2 heterocycles. The minimum Gasteiger partial charge on any atom is -0.494 e. The fourth-order valence-corrected chi connectivity index (χ4v) is 3.66. The minimum absolute atomic E-state index is 0.0123. The predicted octanol–water partition coefficient (Wildman–Crippen LogP) is 2.96. The summed E-state index contributed by atoms with van der Waals surface area (Å²) in [4.78, 5) is 26.4. The van der Waals surface area contributed by atoms with E-state index >= 15 is 0 Å². The molecule has 3 aromatic rings. The monoisotopic (exact) mass is 433 g/mol. The molecule has 0 spiro atoms. The Labute approximate surface area is 185 Å². The van der Waals surface area contributed by atoms with Crippen molar-refractivity contribution in [3.63, 3.8) is 0 Å². The lowest BCUT2D eigenvalue weighted by Gasteiger charge is -2.28. The standard InChI is InChI=1S/C23H23N5O4/c1-4-14-6-8-15(9-7-14)20-18(21(29)16-10-12-17(13-11-16)32-5-2)19(22(30)31-3)24-23-25-26-27-28(20)23/h6-13,20H,4-5H2,1-3H3,(H,24,25,27)/t20-/m0/s1. The van der Waals surface area contributed by atoms with Gasteiger partial charge in [-0.25, -0.2) is 4.79 Å². The van der Waals surface area contributed by atoms with Crippen LogP contribution in [0.4, 0.5) is 5.95 Å². The summed E-state index contributed by atoms with van der Waals surface area (Å²) in [6.45, 7) is 4.47. The van der Waals surface area contributed by atoms with E-state index in [0.29, 0.717) is 17.9 Å². The summed E-state index contributed by atoms with van der Waals surface area (Å²) in [7, 11) is 1.26. The second-order valence-electron chi connectivity index (χ2n) is 7.14. The van der Waals surface area contributed by atoms with Gasteiger partial charge in [0.2, 0.25) is 5.95 Å². The van der Waals surface area contributed by atoms with Gasteiger partial charge in [-0.3, -0.25) is 4.79 Å². The Morgan fingerprint density at radius 3 is 2.41 bits per heavy atom. The molecule has 164 valence electrons. The van der Waals surface area contributed by atoms with Gasteiger partial charge in [-0.15, -0.1) is 0 Å². The molecule has 9 heteroatoms. The van der Waals surface area contributed by atoms with Gasteiger partial charge in [-0.1, -0.05) is 36.3 Å². The number of Topliss-reactive ketones (excluding diaryl/α,β-unsaturated/α-hetero) is 1. The summed E-state index contributed by atoms with van der Waals surface area (Å²) in [5, 5.41) is 14.6. The van der Waals surface area contributed by atoms with Crippen molar-refractivity contribution in [2.45, 2.75) is 26.3 Å². The van der Waals surface area contributed by atoms with Gasteiger partial charge >= 0.3 is 5.97 Å². The Morgan fingerprint density at radius 1 is 1.06 bits per heavy atom. The third kappa shape index (κ3) is 3.84. The Bertz CT molecular complexity index is 1170. The number of allylic oxidation sites excluding steroid dienone is 1. The molecule has 2 aromatic carbocycles. The zero-order valence-corrected chi connectivity index (χ0v) is 18.0. The molecule has 1 aromatic heterocycles. The lowest BCUT2D eigenvalue weighted by atomic mass is 9.89. The summed E-state index contributed by atoms with van der Waals surface area (Å²) in [5.41, 5.74) is 2.53. The maximum absolute atomic E-state index is 13.7. The zero-order valence-electron chi connectivity index (χ0n) is 18.0. The number of methoxy groups -OCH3 is 1. The number of ketones is 1. The molecule has 0 unspecified atom stereocenters. The number of benzene rings is 2. The van der Waals surface area contributed by atoms with Crippen molar-refractivity contribution < 1.29 is 19.1 Å². The van der Waals surface area contributed by atoms with E-state index in [4.69, 9.17) is 9.47 Å². The average Bonchev–Trinajstić information content (AvgIpc) is 3.31. The van der Waals surface area contributed by atoms with E-state index in [9.17, 15) is 9.59 Å². The summed E-state index contributed by atoms with van der Waals surface area (Å²) >= 11 is 0. The van der Waals surface area contributed by atoms with Crippen LogP contribution in [0.2, 0.25) is 0 Å². The highest BCUT2D eigenvalue weighted by molar-refractivity contribution is 6.14. The molecule has 0 radical (unpaired) electrons. The van der Waals surface area contributed by atoms with Crippen LogP contribution in [-0.2, 0) is 16.0 Å². The lowest BCUT2D eigenvalue weighted by Crippen LogP contribution is -2.33. The molecule has 1 aliphatic heterocycles. The van der Waals surface area contributed by atoms with Gasteiger partial charge < -0.3 is 14.8 Å². The fourth-order valence-electron chi connectivity index (χ4n) is 3.66. The molecule has 1 atom stereocenters. The van der Waals surface area contributed by atoms with E-state index in [2.05, 4.69) is 27.8 Å².